The lowest BCUT2D eigenvalue weighted by atomic mass is 9.64. The Kier molecular flexibility index (Phi) is 6.33. The van der Waals surface area contributed by atoms with E-state index in [1.165, 1.54) is 16.8 Å². The summed E-state index contributed by atoms with van der Waals surface area (Å²) in [5, 5.41) is 12.1. The second kappa shape index (κ2) is 9.15. The molecule has 0 radical (unpaired) electrons. The summed E-state index contributed by atoms with van der Waals surface area (Å²) in [6.07, 6.45) is 3.56. The molecule has 0 heterocycles. The number of hydrogen-bond donors (Lipinski definition) is 1. The van der Waals surface area contributed by atoms with Crippen molar-refractivity contribution in [3.63, 3.8) is 0 Å². The maximum atomic E-state index is 12.1. The van der Waals surface area contributed by atoms with Crippen molar-refractivity contribution >= 4 is 5.69 Å². The summed E-state index contributed by atoms with van der Waals surface area (Å²) in [5.41, 5.74) is 4.04. The van der Waals surface area contributed by atoms with Crippen LogP contribution in [-0.2, 0) is 12.0 Å². The van der Waals surface area contributed by atoms with E-state index in [0.717, 1.165) is 37.0 Å². The molecule has 1 aliphatic rings. The number of rotatable bonds is 6. The standard InChI is InChI=1S/C28H33NO2/c1-29(2)27-12-8-7-11-23(27)20-25-19-22(21-9-5-4-6-10-21)17-18-28(25,30)24-13-15-26(31-3)16-14-24/h4-16,22,25,30H,17-20H2,1-3H3. The van der Waals surface area contributed by atoms with Crippen LogP contribution in [0.25, 0.3) is 0 Å². The van der Waals surface area contributed by atoms with Gasteiger partial charge in [-0.25, -0.2) is 0 Å². The number of benzene rings is 3. The lowest BCUT2D eigenvalue weighted by Crippen LogP contribution is -2.41. The molecular weight excluding hydrogens is 382 g/mol. The van der Waals surface area contributed by atoms with Crippen molar-refractivity contribution in [1.29, 1.82) is 0 Å². The first-order chi connectivity index (χ1) is 15.0. The van der Waals surface area contributed by atoms with E-state index < -0.39 is 5.60 Å². The molecule has 0 aromatic heterocycles. The van der Waals surface area contributed by atoms with E-state index in [4.69, 9.17) is 4.74 Å². The molecule has 3 heteroatoms. The maximum Gasteiger partial charge on any atom is 0.118 e. The second-order valence-corrected chi connectivity index (χ2v) is 8.96. The number of ether oxygens (including phenoxy) is 1. The van der Waals surface area contributed by atoms with E-state index in [1.54, 1.807) is 7.11 Å². The van der Waals surface area contributed by atoms with Gasteiger partial charge in [-0.2, -0.15) is 0 Å². The number of nitrogens with zero attached hydrogens (tertiary/aromatic N) is 1. The third-order valence-corrected chi connectivity index (χ3v) is 6.92. The monoisotopic (exact) mass is 415 g/mol. The fourth-order valence-electron chi connectivity index (χ4n) is 5.18. The van der Waals surface area contributed by atoms with Crippen LogP contribution in [0.15, 0.2) is 78.9 Å². The average molecular weight is 416 g/mol. The zero-order valence-electron chi connectivity index (χ0n) is 18.8. The Balaban J connectivity index is 1.70. The molecule has 31 heavy (non-hydrogen) atoms. The topological polar surface area (TPSA) is 32.7 Å². The minimum atomic E-state index is -0.850. The van der Waals surface area contributed by atoms with Crippen molar-refractivity contribution in [2.45, 2.75) is 37.2 Å². The van der Waals surface area contributed by atoms with E-state index in [-0.39, 0.29) is 5.92 Å². The summed E-state index contributed by atoms with van der Waals surface area (Å²) < 4.78 is 5.34. The van der Waals surface area contributed by atoms with Gasteiger partial charge < -0.3 is 14.7 Å². The molecule has 3 nitrogen and oxygen atoms in total. The molecule has 3 unspecified atom stereocenters. The third-order valence-electron chi connectivity index (χ3n) is 6.92. The second-order valence-electron chi connectivity index (χ2n) is 8.96. The van der Waals surface area contributed by atoms with E-state index in [1.807, 2.05) is 24.3 Å². The quantitative estimate of drug-likeness (QED) is 0.554. The molecule has 1 fully saturated rings. The maximum absolute atomic E-state index is 12.1. The lowest BCUT2D eigenvalue weighted by molar-refractivity contribution is -0.0594. The minimum absolute atomic E-state index is 0.126. The van der Waals surface area contributed by atoms with Crippen LogP contribution in [0.3, 0.4) is 0 Å². The molecule has 0 bridgehead atoms. The summed E-state index contributed by atoms with van der Waals surface area (Å²) in [6.45, 7) is 0. The Morgan fingerprint density at radius 2 is 1.61 bits per heavy atom. The number of hydrogen-bond acceptors (Lipinski definition) is 3. The van der Waals surface area contributed by atoms with Crippen LogP contribution in [0, 0.1) is 5.92 Å². The molecule has 0 amide bonds. The summed E-state index contributed by atoms with van der Waals surface area (Å²) in [7, 11) is 5.85. The van der Waals surface area contributed by atoms with Gasteiger partial charge in [-0.15, -0.1) is 0 Å². The van der Waals surface area contributed by atoms with Crippen LogP contribution in [0.5, 0.6) is 5.75 Å². The highest BCUT2D eigenvalue weighted by Crippen LogP contribution is 2.49. The summed E-state index contributed by atoms with van der Waals surface area (Å²) in [5.74, 6) is 1.41. The van der Waals surface area contributed by atoms with E-state index in [0.29, 0.717) is 5.92 Å². The van der Waals surface area contributed by atoms with Crippen molar-refractivity contribution < 1.29 is 9.84 Å². The average Bonchev–Trinajstić information content (AvgIpc) is 2.81. The third kappa shape index (κ3) is 4.47. The predicted octanol–water partition coefficient (Wildman–Crippen LogP) is 5.78. The normalized spacial score (nSPS) is 23.4. The van der Waals surface area contributed by atoms with Gasteiger partial charge in [-0.1, -0.05) is 60.7 Å². The highest BCUT2D eigenvalue weighted by atomic mass is 16.5. The van der Waals surface area contributed by atoms with Crippen LogP contribution < -0.4 is 9.64 Å². The van der Waals surface area contributed by atoms with E-state index in [9.17, 15) is 5.11 Å². The van der Waals surface area contributed by atoms with Crippen LogP contribution in [-0.4, -0.2) is 26.3 Å². The van der Waals surface area contributed by atoms with Crippen molar-refractivity contribution in [2.75, 3.05) is 26.1 Å². The highest BCUT2D eigenvalue weighted by molar-refractivity contribution is 5.53. The lowest BCUT2D eigenvalue weighted by Gasteiger charge is -2.44. The van der Waals surface area contributed by atoms with Crippen molar-refractivity contribution in [1.82, 2.24) is 0 Å². The molecule has 0 spiro atoms. The van der Waals surface area contributed by atoms with Crippen LogP contribution in [0.1, 0.15) is 41.9 Å². The number of anilines is 1. The van der Waals surface area contributed by atoms with Gasteiger partial charge in [-0.3, -0.25) is 0 Å². The van der Waals surface area contributed by atoms with Gasteiger partial charge in [0.1, 0.15) is 5.75 Å². The van der Waals surface area contributed by atoms with Gasteiger partial charge in [0.25, 0.3) is 0 Å². The van der Waals surface area contributed by atoms with E-state index in [2.05, 4.69) is 73.6 Å². The Morgan fingerprint density at radius 3 is 2.29 bits per heavy atom. The minimum Gasteiger partial charge on any atom is -0.497 e. The molecule has 3 atom stereocenters. The SMILES string of the molecule is COc1ccc(C2(O)CCC(c3ccccc3)CC2Cc2ccccc2N(C)C)cc1. The number of methoxy groups -OCH3 is 1. The fraction of sp³-hybridized carbons (Fsp3) is 0.357. The van der Waals surface area contributed by atoms with Crippen LogP contribution in [0.4, 0.5) is 5.69 Å². The van der Waals surface area contributed by atoms with Gasteiger partial charge in [-0.05, 0) is 72.4 Å². The van der Waals surface area contributed by atoms with Crippen LogP contribution >= 0.6 is 0 Å². The van der Waals surface area contributed by atoms with Crippen LogP contribution in [0.2, 0.25) is 0 Å². The summed E-state index contributed by atoms with van der Waals surface area (Å²) in [6, 6.07) is 27.3. The van der Waals surface area contributed by atoms with Crippen molar-refractivity contribution in [2.24, 2.45) is 5.92 Å². The van der Waals surface area contributed by atoms with Crippen molar-refractivity contribution in [3.05, 3.63) is 95.6 Å². The Hall–Kier alpha value is -2.78. The molecule has 162 valence electrons. The Bertz CT molecular complexity index is 983. The number of para-hydroxylation sites is 1. The first-order valence-corrected chi connectivity index (χ1v) is 11.2. The molecule has 3 aromatic rings. The molecule has 1 saturated carbocycles. The summed E-state index contributed by atoms with van der Waals surface area (Å²) in [4.78, 5) is 2.17. The zero-order chi connectivity index (χ0) is 21.8. The molecule has 0 aliphatic heterocycles. The van der Waals surface area contributed by atoms with E-state index >= 15 is 0 Å². The van der Waals surface area contributed by atoms with Gasteiger partial charge in [0, 0.05) is 19.8 Å². The van der Waals surface area contributed by atoms with Gasteiger partial charge >= 0.3 is 0 Å². The molecule has 1 aliphatic carbocycles. The molecule has 1 N–H and O–H groups in total. The predicted molar refractivity (Wildman–Crippen MR) is 128 cm³/mol. The zero-order valence-corrected chi connectivity index (χ0v) is 18.8. The number of aliphatic hydroxyl groups is 1. The first kappa shape index (κ1) is 21.5. The molecule has 4 rings (SSSR count). The Morgan fingerprint density at radius 1 is 0.935 bits per heavy atom. The highest BCUT2D eigenvalue weighted by Gasteiger charge is 2.43. The van der Waals surface area contributed by atoms with Crippen molar-refractivity contribution in [3.8, 4) is 5.75 Å². The largest absolute Gasteiger partial charge is 0.497 e. The first-order valence-electron chi connectivity index (χ1n) is 11.2. The Labute approximate surface area is 186 Å². The van der Waals surface area contributed by atoms with Gasteiger partial charge in [0.15, 0.2) is 0 Å². The van der Waals surface area contributed by atoms with Gasteiger partial charge in [0.05, 0.1) is 12.7 Å². The molecule has 0 saturated heterocycles. The van der Waals surface area contributed by atoms with Gasteiger partial charge in [0.2, 0.25) is 0 Å². The molecular formula is C28H33NO2. The smallest absolute Gasteiger partial charge is 0.118 e. The summed E-state index contributed by atoms with van der Waals surface area (Å²) >= 11 is 0. The fourth-order valence-corrected chi connectivity index (χ4v) is 5.18. The molecule has 3 aromatic carbocycles.